The molecule has 0 saturated carbocycles. The normalized spacial score (nSPS) is 14.7. The number of nitrogens with one attached hydrogen (secondary N) is 1. The molecule has 4 aromatic rings. The van der Waals surface area contributed by atoms with Crippen molar-refractivity contribution in [1.29, 1.82) is 0 Å². The first-order chi connectivity index (χ1) is 17.6. The molecular formula is C29H33N5O2. The van der Waals surface area contributed by atoms with Gasteiger partial charge in [-0.2, -0.15) is 0 Å². The molecule has 1 aliphatic heterocycles. The fourth-order valence-electron chi connectivity index (χ4n) is 4.82. The van der Waals surface area contributed by atoms with Crippen LogP contribution in [0.3, 0.4) is 0 Å². The fourth-order valence-corrected chi connectivity index (χ4v) is 4.82. The van der Waals surface area contributed by atoms with Crippen LogP contribution >= 0.6 is 0 Å². The molecule has 0 radical (unpaired) electrons. The Hall–Kier alpha value is -3.68. The van der Waals surface area contributed by atoms with Crippen LogP contribution < -0.4 is 10.1 Å². The number of methoxy groups -OCH3 is 1. The third-order valence-electron chi connectivity index (χ3n) is 6.83. The van der Waals surface area contributed by atoms with Crippen LogP contribution in [0.1, 0.15) is 28.7 Å². The van der Waals surface area contributed by atoms with Crippen LogP contribution in [0.4, 0.5) is 5.69 Å². The van der Waals surface area contributed by atoms with Crippen molar-refractivity contribution in [3.05, 3.63) is 89.7 Å². The molecule has 1 aliphatic rings. The summed E-state index contributed by atoms with van der Waals surface area (Å²) in [6.07, 6.45) is 0. The molecule has 5 rings (SSSR count). The summed E-state index contributed by atoms with van der Waals surface area (Å²) >= 11 is 0. The van der Waals surface area contributed by atoms with Gasteiger partial charge in [-0.3, -0.25) is 14.6 Å². The van der Waals surface area contributed by atoms with Gasteiger partial charge < -0.3 is 14.6 Å². The SMILES string of the molecule is CCn1c(CN2CCN(Cc3ccccc3)CC2)nc2cc(NC(=O)c3ccc(OC)cc3)ccc21. The van der Waals surface area contributed by atoms with Crippen LogP contribution in [0.15, 0.2) is 72.8 Å². The average molecular weight is 484 g/mol. The number of anilines is 1. The number of fused-ring (bicyclic) bond motifs is 1. The molecule has 186 valence electrons. The highest BCUT2D eigenvalue weighted by atomic mass is 16.5. The van der Waals surface area contributed by atoms with E-state index in [1.165, 1.54) is 5.56 Å². The minimum Gasteiger partial charge on any atom is -0.497 e. The van der Waals surface area contributed by atoms with Crippen LogP contribution in [-0.4, -0.2) is 58.5 Å². The molecular weight excluding hydrogens is 450 g/mol. The Bertz CT molecular complexity index is 1310. The molecule has 1 aromatic heterocycles. The summed E-state index contributed by atoms with van der Waals surface area (Å²) < 4.78 is 7.45. The first kappa shape index (κ1) is 24.0. The smallest absolute Gasteiger partial charge is 0.255 e. The maximum absolute atomic E-state index is 12.7. The van der Waals surface area contributed by atoms with E-state index in [0.29, 0.717) is 5.56 Å². The van der Waals surface area contributed by atoms with E-state index >= 15 is 0 Å². The third-order valence-corrected chi connectivity index (χ3v) is 6.83. The Morgan fingerprint density at radius 1 is 0.917 bits per heavy atom. The summed E-state index contributed by atoms with van der Waals surface area (Å²) in [6, 6.07) is 23.7. The summed E-state index contributed by atoms with van der Waals surface area (Å²) in [7, 11) is 1.61. The van der Waals surface area contributed by atoms with Crippen molar-refractivity contribution in [2.75, 3.05) is 38.6 Å². The minimum atomic E-state index is -0.152. The monoisotopic (exact) mass is 483 g/mol. The number of benzene rings is 3. The summed E-state index contributed by atoms with van der Waals surface area (Å²) in [5.74, 6) is 1.64. The Labute approximate surface area is 212 Å². The zero-order valence-electron chi connectivity index (χ0n) is 21.0. The molecule has 7 heteroatoms. The standard InChI is InChI=1S/C29H33N5O2/c1-3-34-27-14-11-24(30-29(35)23-9-12-25(36-2)13-10-23)19-26(27)31-28(34)21-33-17-15-32(16-18-33)20-22-7-5-4-6-8-22/h4-14,19H,3,15-18,20-21H2,1-2H3,(H,30,35). The molecule has 1 saturated heterocycles. The van der Waals surface area contributed by atoms with E-state index in [4.69, 9.17) is 9.72 Å². The van der Waals surface area contributed by atoms with Gasteiger partial charge >= 0.3 is 0 Å². The molecule has 1 N–H and O–H groups in total. The highest BCUT2D eigenvalue weighted by Gasteiger charge is 2.20. The largest absolute Gasteiger partial charge is 0.497 e. The first-order valence-corrected chi connectivity index (χ1v) is 12.6. The van der Waals surface area contributed by atoms with Crippen molar-refractivity contribution in [2.24, 2.45) is 0 Å². The molecule has 7 nitrogen and oxygen atoms in total. The van der Waals surface area contributed by atoms with E-state index in [2.05, 4.69) is 63.0 Å². The van der Waals surface area contributed by atoms with Gasteiger partial charge in [0, 0.05) is 50.5 Å². The van der Waals surface area contributed by atoms with E-state index in [1.807, 2.05) is 12.1 Å². The van der Waals surface area contributed by atoms with E-state index in [-0.39, 0.29) is 5.91 Å². The number of ether oxygens (including phenoxy) is 1. The second kappa shape index (κ2) is 10.9. The number of imidazole rings is 1. The number of piperazine rings is 1. The number of carbonyl (C=O) groups is 1. The molecule has 0 unspecified atom stereocenters. The van der Waals surface area contributed by atoms with Crippen LogP contribution in [-0.2, 0) is 19.6 Å². The second-order valence-electron chi connectivity index (χ2n) is 9.20. The average Bonchev–Trinajstić information content (AvgIpc) is 3.26. The highest BCUT2D eigenvalue weighted by molar-refractivity contribution is 6.05. The second-order valence-corrected chi connectivity index (χ2v) is 9.20. The van der Waals surface area contributed by atoms with Crippen molar-refractivity contribution in [1.82, 2.24) is 19.4 Å². The molecule has 1 fully saturated rings. The van der Waals surface area contributed by atoms with E-state index in [0.717, 1.165) is 74.1 Å². The number of aromatic nitrogens is 2. The number of amides is 1. The quantitative estimate of drug-likeness (QED) is 0.396. The van der Waals surface area contributed by atoms with E-state index in [9.17, 15) is 4.79 Å². The summed E-state index contributed by atoms with van der Waals surface area (Å²) in [5.41, 5.74) is 4.69. The maximum Gasteiger partial charge on any atom is 0.255 e. The number of rotatable bonds is 8. The molecule has 1 amide bonds. The van der Waals surface area contributed by atoms with Gasteiger partial charge in [-0.05, 0) is 55.0 Å². The van der Waals surface area contributed by atoms with Crippen molar-refractivity contribution in [3.63, 3.8) is 0 Å². The predicted octanol–water partition coefficient (Wildman–Crippen LogP) is 4.63. The van der Waals surface area contributed by atoms with Gasteiger partial charge in [-0.25, -0.2) is 4.98 Å². The number of hydrogen-bond acceptors (Lipinski definition) is 5. The van der Waals surface area contributed by atoms with Crippen LogP contribution in [0, 0.1) is 0 Å². The Kier molecular flexibility index (Phi) is 7.30. The van der Waals surface area contributed by atoms with Gasteiger partial charge in [-0.1, -0.05) is 30.3 Å². The lowest BCUT2D eigenvalue weighted by Crippen LogP contribution is -2.45. The fraction of sp³-hybridized carbons (Fsp3) is 0.310. The van der Waals surface area contributed by atoms with Gasteiger partial charge in [-0.15, -0.1) is 0 Å². The Morgan fingerprint density at radius 3 is 2.28 bits per heavy atom. The maximum atomic E-state index is 12.7. The number of aryl methyl sites for hydroxylation is 1. The molecule has 0 aliphatic carbocycles. The van der Waals surface area contributed by atoms with Gasteiger partial charge in [0.15, 0.2) is 0 Å². The van der Waals surface area contributed by atoms with Crippen molar-refractivity contribution in [2.45, 2.75) is 26.6 Å². The lowest BCUT2D eigenvalue weighted by molar-refractivity contribution is 0.102. The van der Waals surface area contributed by atoms with Gasteiger partial charge in [0.05, 0.1) is 24.7 Å². The summed E-state index contributed by atoms with van der Waals surface area (Å²) in [6.45, 7) is 9.03. The van der Waals surface area contributed by atoms with Gasteiger partial charge in [0.2, 0.25) is 0 Å². The molecule has 0 bridgehead atoms. The third kappa shape index (κ3) is 5.42. The zero-order chi connectivity index (χ0) is 24.9. The minimum absolute atomic E-state index is 0.152. The number of hydrogen-bond donors (Lipinski definition) is 1. The molecule has 0 spiro atoms. The van der Waals surface area contributed by atoms with Crippen LogP contribution in [0.5, 0.6) is 5.75 Å². The highest BCUT2D eigenvalue weighted by Crippen LogP contribution is 2.23. The summed E-state index contributed by atoms with van der Waals surface area (Å²) in [4.78, 5) is 22.7. The summed E-state index contributed by atoms with van der Waals surface area (Å²) in [5, 5.41) is 3.00. The number of nitrogens with zero attached hydrogens (tertiary/aromatic N) is 4. The first-order valence-electron chi connectivity index (χ1n) is 12.6. The lowest BCUT2D eigenvalue weighted by Gasteiger charge is -2.34. The van der Waals surface area contributed by atoms with E-state index < -0.39 is 0 Å². The Morgan fingerprint density at radius 2 is 1.61 bits per heavy atom. The van der Waals surface area contributed by atoms with Crippen LogP contribution in [0.2, 0.25) is 0 Å². The van der Waals surface area contributed by atoms with Crippen molar-refractivity contribution in [3.8, 4) is 5.75 Å². The van der Waals surface area contributed by atoms with E-state index in [1.54, 1.807) is 31.4 Å². The van der Waals surface area contributed by atoms with Crippen molar-refractivity contribution < 1.29 is 9.53 Å². The Balaban J connectivity index is 1.24. The molecule has 0 atom stereocenters. The zero-order valence-corrected chi connectivity index (χ0v) is 21.0. The molecule has 2 heterocycles. The van der Waals surface area contributed by atoms with Crippen LogP contribution in [0.25, 0.3) is 11.0 Å². The molecule has 3 aromatic carbocycles. The lowest BCUT2D eigenvalue weighted by atomic mass is 10.2. The van der Waals surface area contributed by atoms with Gasteiger partial charge in [0.1, 0.15) is 11.6 Å². The molecule has 36 heavy (non-hydrogen) atoms. The van der Waals surface area contributed by atoms with Crippen molar-refractivity contribution >= 4 is 22.6 Å². The van der Waals surface area contributed by atoms with Gasteiger partial charge in [0.25, 0.3) is 5.91 Å². The predicted molar refractivity (Wildman–Crippen MR) is 143 cm³/mol. The number of carbonyl (C=O) groups excluding carboxylic acids is 1. The topological polar surface area (TPSA) is 62.6 Å².